The molecular weight excluding hydrogens is 705 g/mol. The van der Waals surface area contributed by atoms with Crippen molar-refractivity contribution in [3.63, 3.8) is 0 Å². The van der Waals surface area contributed by atoms with E-state index in [0.717, 1.165) is 44.5 Å². The predicted octanol–water partition coefficient (Wildman–Crippen LogP) is 13.6. The molecule has 274 valence electrons. The van der Waals surface area contributed by atoms with E-state index in [1.54, 1.807) is 0 Å². The number of benzene rings is 8. The third-order valence-corrected chi connectivity index (χ3v) is 11.9. The molecule has 0 spiro atoms. The van der Waals surface area contributed by atoms with Crippen LogP contribution in [0.3, 0.4) is 0 Å². The monoisotopic (exact) mass is 742 g/mol. The molecule has 8 aromatic carbocycles. The maximum absolute atomic E-state index is 5.19. The molecule has 0 fully saturated rings. The summed E-state index contributed by atoms with van der Waals surface area (Å²) in [6.45, 7) is 4.68. The lowest BCUT2D eigenvalue weighted by molar-refractivity contribution is 0.660. The Morgan fingerprint density at radius 1 is 0.345 bits per heavy atom. The summed E-state index contributed by atoms with van der Waals surface area (Å²) >= 11 is 0. The maximum Gasteiger partial charge on any atom is 0.164 e. The highest BCUT2D eigenvalue weighted by Crippen LogP contribution is 2.49. The Labute approximate surface area is 337 Å². The minimum atomic E-state index is -0.109. The number of hydrogen-bond donors (Lipinski definition) is 0. The minimum Gasteiger partial charge on any atom is -0.309 e. The largest absolute Gasteiger partial charge is 0.309 e. The number of aromatic nitrogens is 4. The first-order chi connectivity index (χ1) is 28.5. The molecule has 4 heteroatoms. The smallest absolute Gasteiger partial charge is 0.164 e. The molecule has 1 aliphatic carbocycles. The van der Waals surface area contributed by atoms with Crippen LogP contribution >= 0.6 is 0 Å². The Balaban J connectivity index is 1.07. The lowest BCUT2D eigenvalue weighted by Crippen LogP contribution is -2.15. The molecule has 0 radical (unpaired) electrons. The van der Waals surface area contributed by atoms with Gasteiger partial charge < -0.3 is 4.57 Å². The van der Waals surface area contributed by atoms with Crippen LogP contribution in [0.5, 0.6) is 0 Å². The summed E-state index contributed by atoms with van der Waals surface area (Å²) in [5, 5.41) is 2.39. The fourth-order valence-corrected chi connectivity index (χ4v) is 8.87. The van der Waals surface area contributed by atoms with Crippen molar-refractivity contribution in [3.05, 3.63) is 205 Å². The normalized spacial score (nSPS) is 12.8. The van der Waals surface area contributed by atoms with Crippen LogP contribution in [0, 0.1) is 0 Å². The van der Waals surface area contributed by atoms with Gasteiger partial charge in [0.05, 0.1) is 11.0 Å². The molecule has 0 unspecified atom stereocenters. The lowest BCUT2D eigenvalue weighted by atomic mass is 9.82. The van der Waals surface area contributed by atoms with Crippen molar-refractivity contribution in [1.29, 1.82) is 0 Å². The van der Waals surface area contributed by atoms with Crippen LogP contribution in [0.2, 0.25) is 0 Å². The molecule has 0 saturated carbocycles. The number of nitrogens with zero attached hydrogens (tertiary/aromatic N) is 4. The molecule has 58 heavy (non-hydrogen) atoms. The highest BCUT2D eigenvalue weighted by Gasteiger charge is 2.35. The zero-order valence-corrected chi connectivity index (χ0v) is 32.3. The summed E-state index contributed by atoms with van der Waals surface area (Å²) < 4.78 is 2.40. The fourth-order valence-electron chi connectivity index (χ4n) is 8.87. The van der Waals surface area contributed by atoms with Crippen LogP contribution in [-0.4, -0.2) is 19.5 Å². The molecule has 10 aromatic rings. The topological polar surface area (TPSA) is 43.6 Å². The van der Waals surface area contributed by atoms with Crippen molar-refractivity contribution < 1.29 is 0 Å². The highest BCUT2D eigenvalue weighted by atomic mass is 15.0. The van der Waals surface area contributed by atoms with Crippen molar-refractivity contribution in [2.75, 3.05) is 0 Å². The zero-order chi connectivity index (χ0) is 38.8. The zero-order valence-electron chi connectivity index (χ0n) is 32.3. The first-order valence-electron chi connectivity index (χ1n) is 19.9. The average molecular weight is 743 g/mol. The Hall–Kier alpha value is -7.43. The van der Waals surface area contributed by atoms with Crippen LogP contribution in [0.1, 0.15) is 25.0 Å². The van der Waals surface area contributed by atoms with Gasteiger partial charge in [0.2, 0.25) is 0 Å². The molecule has 2 aromatic heterocycles. The highest BCUT2D eigenvalue weighted by molar-refractivity contribution is 6.10. The summed E-state index contributed by atoms with van der Waals surface area (Å²) in [6.07, 6.45) is 0. The van der Waals surface area contributed by atoms with Crippen molar-refractivity contribution in [3.8, 4) is 73.2 Å². The summed E-state index contributed by atoms with van der Waals surface area (Å²) in [6, 6.07) is 69.0. The summed E-state index contributed by atoms with van der Waals surface area (Å²) in [5.74, 6) is 1.89. The van der Waals surface area contributed by atoms with Gasteiger partial charge in [0.1, 0.15) is 0 Å². The van der Waals surface area contributed by atoms with Crippen LogP contribution in [0.4, 0.5) is 0 Å². The second-order valence-corrected chi connectivity index (χ2v) is 15.7. The molecular formula is C54H38N4. The van der Waals surface area contributed by atoms with Gasteiger partial charge >= 0.3 is 0 Å². The minimum absolute atomic E-state index is 0.109. The van der Waals surface area contributed by atoms with E-state index in [0.29, 0.717) is 17.5 Å². The first-order valence-corrected chi connectivity index (χ1v) is 19.9. The van der Waals surface area contributed by atoms with Crippen molar-refractivity contribution in [2.45, 2.75) is 19.3 Å². The molecule has 0 bridgehead atoms. The van der Waals surface area contributed by atoms with E-state index in [2.05, 4.69) is 200 Å². The van der Waals surface area contributed by atoms with E-state index in [1.165, 1.54) is 44.2 Å². The van der Waals surface area contributed by atoms with Crippen molar-refractivity contribution in [2.24, 2.45) is 0 Å². The van der Waals surface area contributed by atoms with Crippen LogP contribution in [0.25, 0.3) is 95.0 Å². The third kappa shape index (κ3) is 5.56. The second-order valence-electron chi connectivity index (χ2n) is 15.7. The molecule has 11 rings (SSSR count). The summed E-state index contributed by atoms with van der Waals surface area (Å²) in [7, 11) is 0. The standard InChI is InChI=1S/C54H38N4/c1-54(2)47-19-11-9-17-43(47)44-32-30-42(34-48(44)54)58-49-20-12-10-18-45(49)46-31-29-41(33-50(46)58)53-56-51(39-25-21-37(22-26-39)35-13-5-3-6-14-35)55-52(57-53)40-27-23-38(24-28-40)36-15-7-4-8-16-36/h3-34H,1-2H3. The van der Waals surface area contributed by atoms with E-state index in [1.807, 2.05) is 12.1 Å². The summed E-state index contributed by atoms with van der Waals surface area (Å²) in [5.41, 5.74) is 16.1. The van der Waals surface area contributed by atoms with Crippen molar-refractivity contribution in [1.82, 2.24) is 19.5 Å². The number of para-hydroxylation sites is 1. The molecule has 1 aliphatic rings. The third-order valence-electron chi connectivity index (χ3n) is 11.9. The van der Waals surface area contributed by atoms with E-state index < -0.39 is 0 Å². The Morgan fingerprint density at radius 2 is 0.810 bits per heavy atom. The molecule has 0 N–H and O–H groups in total. The van der Waals surface area contributed by atoms with E-state index >= 15 is 0 Å². The quantitative estimate of drug-likeness (QED) is 0.170. The van der Waals surface area contributed by atoms with Crippen LogP contribution in [-0.2, 0) is 5.41 Å². The molecule has 0 amide bonds. The number of rotatable bonds is 6. The van der Waals surface area contributed by atoms with Gasteiger partial charge in [-0.25, -0.2) is 15.0 Å². The first kappa shape index (κ1) is 33.9. The molecule has 0 saturated heterocycles. The Kier molecular flexibility index (Phi) is 7.80. The van der Waals surface area contributed by atoms with E-state index in [-0.39, 0.29) is 5.41 Å². The molecule has 4 nitrogen and oxygen atoms in total. The SMILES string of the molecule is CC1(C)c2ccccc2-c2ccc(-n3c4ccccc4c4ccc(-c5nc(-c6ccc(-c7ccccc7)cc6)nc(-c6ccc(-c7ccccc7)cc6)n5)cc43)cc21. The van der Waals surface area contributed by atoms with Gasteiger partial charge in [0, 0.05) is 38.6 Å². The number of hydrogen-bond acceptors (Lipinski definition) is 3. The number of fused-ring (bicyclic) bond motifs is 6. The Morgan fingerprint density at radius 3 is 1.45 bits per heavy atom. The van der Waals surface area contributed by atoms with Gasteiger partial charge in [-0.15, -0.1) is 0 Å². The average Bonchev–Trinajstić information content (AvgIpc) is 3.74. The predicted molar refractivity (Wildman–Crippen MR) is 239 cm³/mol. The van der Waals surface area contributed by atoms with Gasteiger partial charge in [-0.05, 0) is 68.8 Å². The van der Waals surface area contributed by atoms with Crippen molar-refractivity contribution >= 4 is 21.8 Å². The van der Waals surface area contributed by atoms with Crippen LogP contribution < -0.4 is 0 Å². The summed E-state index contributed by atoms with van der Waals surface area (Å²) in [4.78, 5) is 15.5. The van der Waals surface area contributed by atoms with E-state index in [9.17, 15) is 0 Å². The van der Waals surface area contributed by atoms with Gasteiger partial charge in [-0.3, -0.25) is 0 Å². The Bertz CT molecular complexity index is 3060. The fraction of sp³-hybridized carbons (Fsp3) is 0.0556. The lowest BCUT2D eigenvalue weighted by Gasteiger charge is -2.22. The van der Waals surface area contributed by atoms with Gasteiger partial charge in [-0.1, -0.05) is 184 Å². The van der Waals surface area contributed by atoms with Gasteiger partial charge in [0.25, 0.3) is 0 Å². The van der Waals surface area contributed by atoms with Gasteiger partial charge in [-0.2, -0.15) is 0 Å². The molecule has 2 heterocycles. The van der Waals surface area contributed by atoms with Gasteiger partial charge in [0.15, 0.2) is 17.5 Å². The van der Waals surface area contributed by atoms with Crippen LogP contribution in [0.15, 0.2) is 194 Å². The maximum atomic E-state index is 5.19. The molecule has 0 aliphatic heterocycles. The van der Waals surface area contributed by atoms with E-state index in [4.69, 9.17) is 15.0 Å². The second kappa shape index (κ2) is 13.4. The molecule has 0 atom stereocenters.